The van der Waals surface area contributed by atoms with Crippen molar-refractivity contribution in [2.75, 3.05) is 13.6 Å². The SMILES string of the molecule is CN1C(N)=NCC1c1ccc(F)cc1Br. The smallest absolute Gasteiger partial charge is 0.191 e. The second-order valence-electron chi connectivity index (χ2n) is 3.49. The van der Waals surface area contributed by atoms with Crippen molar-refractivity contribution in [1.82, 2.24) is 4.90 Å². The van der Waals surface area contributed by atoms with Crippen LogP contribution in [0.4, 0.5) is 4.39 Å². The zero-order chi connectivity index (χ0) is 11.0. The molecule has 2 N–H and O–H groups in total. The number of nitrogens with two attached hydrogens (primary N) is 1. The van der Waals surface area contributed by atoms with Gasteiger partial charge in [0.15, 0.2) is 5.96 Å². The molecule has 1 heterocycles. The monoisotopic (exact) mass is 271 g/mol. The van der Waals surface area contributed by atoms with Crippen LogP contribution in [0, 0.1) is 5.82 Å². The molecular formula is C10H11BrFN3. The van der Waals surface area contributed by atoms with Gasteiger partial charge in [-0.25, -0.2) is 4.39 Å². The van der Waals surface area contributed by atoms with Crippen LogP contribution in [0.1, 0.15) is 11.6 Å². The highest BCUT2D eigenvalue weighted by molar-refractivity contribution is 9.10. The number of nitrogens with zero attached hydrogens (tertiary/aromatic N) is 2. The molecule has 5 heteroatoms. The fourth-order valence-electron chi connectivity index (χ4n) is 1.65. The Balaban J connectivity index is 2.32. The minimum Gasteiger partial charge on any atom is -0.370 e. The molecule has 0 amide bonds. The van der Waals surface area contributed by atoms with Gasteiger partial charge in [0, 0.05) is 11.5 Å². The number of guanidine groups is 1. The first-order valence-corrected chi connectivity index (χ1v) is 5.36. The van der Waals surface area contributed by atoms with Crippen LogP contribution in [-0.4, -0.2) is 24.5 Å². The summed E-state index contributed by atoms with van der Waals surface area (Å²) in [6.45, 7) is 0.618. The Morgan fingerprint density at radius 3 is 2.87 bits per heavy atom. The van der Waals surface area contributed by atoms with Gasteiger partial charge in [-0.15, -0.1) is 0 Å². The Morgan fingerprint density at radius 2 is 2.33 bits per heavy atom. The zero-order valence-corrected chi connectivity index (χ0v) is 9.83. The highest BCUT2D eigenvalue weighted by atomic mass is 79.9. The largest absolute Gasteiger partial charge is 0.370 e. The van der Waals surface area contributed by atoms with Crippen molar-refractivity contribution in [2.24, 2.45) is 10.7 Å². The molecule has 0 spiro atoms. The van der Waals surface area contributed by atoms with Gasteiger partial charge >= 0.3 is 0 Å². The summed E-state index contributed by atoms with van der Waals surface area (Å²) in [6.07, 6.45) is 0. The van der Waals surface area contributed by atoms with Crippen LogP contribution < -0.4 is 5.73 Å². The van der Waals surface area contributed by atoms with Crippen LogP contribution in [0.2, 0.25) is 0 Å². The maximum absolute atomic E-state index is 12.9. The van der Waals surface area contributed by atoms with Crippen LogP contribution in [0.25, 0.3) is 0 Å². The molecule has 1 aromatic rings. The molecular weight excluding hydrogens is 261 g/mol. The van der Waals surface area contributed by atoms with Crippen LogP contribution in [0.15, 0.2) is 27.7 Å². The van der Waals surface area contributed by atoms with Crippen LogP contribution in [0.5, 0.6) is 0 Å². The van der Waals surface area contributed by atoms with E-state index in [9.17, 15) is 4.39 Å². The standard InChI is InChI=1S/C10H11BrFN3/c1-15-9(5-14-10(15)13)7-3-2-6(12)4-8(7)11/h2-4,9H,5H2,1H3,(H2,13,14). The van der Waals surface area contributed by atoms with Gasteiger partial charge in [-0.3, -0.25) is 4.99 Å². The molecule has 0 fully saturated rings. The summed E-state index contributed by atoms with van der Waals surface area (Å²) < 4.78 is 13.7. The van der Waals surface area contributed by atoms with Crippen molar-refractivity contribution in [3.63, 3.8) is 0 Å². The Labute approximate surface area is 95.9 Å². The topological polar surface area (TPSA) is 41.6 Å². The molecule has 0 aromatic heterocycles. The molecule has 0 saturated heterocycles. The molecule has 0 bridgehead atoms. The molecule has 1 aliphatic heterocycles. The van der Waals surface area contributed by atoms with E-state index in [1.54, 1.807) is 6.07 Å². The highest BCUT2D eigenvalue weighted by Crippen LogP contribution is 2.30. The minimum absolute atomic E-state index is 0.0972. The van der Waals surface area contributed by atoms with Crippen molar-refractivity contribution in [3.05, 3.63) is 34.1 Å². The van der Waals surface area contributed by atoms with Crippen molar-refractivity contribution in [3.8, 4) is 0 Å². The van der Waals surface area contributed by atoms with E-state index >= 15 is 0 Å². The number of rotatable bonds is 1. The summed E-state index contributed by atoms with van der Waals surface area (Å²) in [5, 5.41) is 0. The van der Waals surface area contributed by atoms with Gasteiger partial charge in [0.2, 0.25) is 0 Å². The molecule has 1 unspecified atom stereocenters. The second-order valence-corrected chi connectivity index (χ2v) is 4.35. The van der Waals surface area contributed by atoms with Gasteiger partial charge in [-0.1, -0.05) is 22.0 Å². The average molecular weight is 272 g/mol. The van der Waals surface area contributed by atoms with E-state index < -0.39 is 0 Å². The summed E-state index contributed by atoms with van der Waals surface area (Å²) in [4.78, 5) is 6.03. The average Bonchev–Trinajstić information content (AvgIpc) is 2.49. The number of hydrogen-bond donors (Lipinski definition) is 1. The van der Waals surface area contributed by atoms with Gasteiger partial charge in [0.25, 0.3) is 0 Å². The summed E-state index contributed by atoms with van der Waals surface area (Å²) in [5.41, 5.74) is 6.68. The predicted molar refractivity (Wildman–Crippen MR) is 61.1 cm³/mol. The van der Waals surface area contributed by atoms with Gasteiger partial charge in [0.05, 0.1) is 12.6 Å². The maximum atomic E-state index is 12.9. The molecule has 1 aromatic carbocycles. The van der Waals surface area contributed by atoms with Crippen LogP contribution in [0.3, 0.4) is 0 Å². The van der Waals surface area contributed by atoms with Crippen molar-refractivity contribution < 1.29 is 4.39 Å². The molecule has 3 nitrogen and oxygen atoms in total. The molecule has 0 radical (unpaired) electrons. The lowest BCUT2D eigenvalue weighted by Gasteiger charge is -2.22. The van der Waals surface area contributed by atoms with E-state index in [4.69, 9.17) is 5.73 Å². The first-order valence-electron chi connectivity index (χ1n) is 4.57. The number of hydrogen-bond acceptors (Lipinski definition) is 3. The van der Waals surface area contributed by atoms with Crippen LogP contribution >= 0.6 is 15.9 Å². The maximum Gasteiger partial charge on any atom is 0.191 e. The molecule has 15 heavy (non-hydrogen) atoms. The lowest BCUT2D eigenvalue weighted by Crippen LogP contribution is -2.32. The first-order chi connectivity index (χ1) is 7.09. The van der Waals surface area contributed by atoms with E-state index in [2.05, 4.69) is 20.9 Å². The first kappa shape index (κ1) is 10.4. The van der Waals surface area contributed by atoms with Crippen molar-refractivity contribution in [2.45, 2.75) is 6.04 Å². The van der Waals surface area contributed by atoms with Gasteiger partial charge < -0.3 is 10.6 Å². The highest BCUT2D eigenvalue weighted by Gasteiger charge is 2.25. The fraction of sp³-hybridized carbons (Fsp3) is 0.300. The van der Waals surface area contributed by atoms with E-state index in [0.717, 1.165) is 10.0 Å². The molecule has 80 valence electrons. The van der Waals surface area contributed by atoms with Gasteiger partial charge in [-0.2, -0.15) is 0 Å². The summed E-state index contributed by atoms with van der Waals surface area (Å²) in [6, 6.07) is 4.76. The lowest BCUT2D eigenvalue weighted by molar-refractivity contribution is 0.412. The van der Waals surface area contributed by atoms with Gasteiger partial charge in [0.1, 0.15) is 5.82 Å². The molecule has 0 saturated carbocycles. The fourth-order valence-corrected chi connectivity index (χ4v) is 2.27. The van der Waals surface area contributed by atoms with E-state index in [-0.39, 0.29) is 11.9 Å². The van der Waals surface area contributed by atoms with E-state index in [0.29, 0.717) is 12.5 Å². The quantitative estimate of drug-likeness (QED) is 0.848. The van der Waals surface area contributed by atoms with Crippen molar-refractivity contribution >= 4 is 21.9 Å². The Bertz CT molecular complexity index is 419. The third-order valence-corrected chi connectivity index (χ3v) is 3.26. The molecule has 1 aliphatic rings. The Hall–Kier alpha value is -1.10. The third kappa shape index (κ3) is 1.84. The van der Waals surface area contributed by atoms with Crippen LogP contribution in [-0.2, 0) is 0 Å². The number of halogens is 2. The molecule has 0 aliphatic carbocycles. The van der Waals surface area contributed by atoms with Gasteiger partial charge in [-0.05, 0) is 17.7 Å². The predicted octanol–water partition coefficient (Wildman–Crippen LogP) is 1.89. The second kappa shape index (κ2) is 3.81. The summed E-state index contributed by atoms with van der Waals surface area (Å²) >= 11 is 3.35. The minimum atomic E-state index is -0.250. The molecule has 2 rings (SSSR count). The third-order valence-electron chi connectivity index (χ3n) is 2.58. The van der Waals surface area contributed by atoms with Crippen molar-refractivity contribution in [1.29, 1.82) is 0 Å². The lowest BCUT2D eigenvalue weighted by atomic mass is 10.1. The summed E-state index contributed by atoms with van der Waals surface area (Å²) in [7, 11) is 1.88. The van der Waals surface area contributed by atoms with E-state index in [1.165, 1.54) is 12.1 Å². The Kier molecular flexibility index (Phi) is 2.65. The number of likely N-dealkylation sites (N-methyl/N-ethyl adjacent to an activating group) is 1. The number of benzene rings is 1. The van der Waals surface area contributed by atoms with E-state index in [1.807, 2.05) is 11.9 Å². The normalized spacial score (nSPS) is 20.6. The zero-order valence-electron chi connectivity index (χ0n) is 8.24. The Morgan fingerprint density at radius 1 is 1.60 bits per heavy atom. The summed E-state index contributed by atoms with van der Waals surface area (Å²) in [5.74, 6) is 0.274. The number of aliphatic imine (C=N–C) groups is 1. The molecule has 1 atom stereocenters.